The van der Waals surface area contributed by atoms with Crippen LogP contribution in [-0.4, -0.2) is 35.8 Å². The van der Waals surface area contributed by atoms with Gasteiger partial charge in [0.2, 0.25) is 11.8 Å². The monoisotopic (exact) mass is 226 g/mol. The predicted octanol–water partition coefficient (Wildman–Crippen LogP) is 1.16. The van der Waals surface area contributed by atoms with E-state index >= 15 is 0 Å². The molecule has 1 aliphatic rings. The van der Waals surface area contributed by atoms with Gasteiger partial charge in [-0.25, -0.2) is 0 Å². The van der Waals surface area contributed by atoms with Gasteiger partial charge < -0.3 is 10.2 Å². The zero-order valence-electron chi connectivity index (χ0n) is 10.7. The van der Waals surface area contributed by atoms with Crippen LogP contribution >= 0.6 is 0 Å². The van der Waals surface area contributed by atoms with Gasteiger partial charge in [0.05, 0.1) is 0 Å². The van der Waals surface area contributed by atoms with Gasteiger partial charge in [0.1, 0.15) is 0 Å². The highest BCUT2D eigenvalue weighted by Crippen LogP contribution is 2.21. The molecule has 1 aliphatic heterocycles. The van der Waals surface area contributed by atoms with Crippen molar-refractivity contribution in [2.75, 3.05) is 13.1 Å². The van der Waals surface area contributed by atoms with Crippen molar-refractivity contribution in [1.29, 1.82) is 0 Å². The van der Waals surface area contributed by atoms with E-state index in [4.69, 9.17) is 0 Å². The highest BCUT2D eigenvalue weighted by molar-refractivity contribution is 5.77. The standard InChI is InChI=1S/C12H22N2O2/c1-9(15)13-10-5-6-14(8-10)11(16)7-12(2,3)4/h10H,5-8H2,1-4H3,(H,13,15)/t10-/m1/s1. The van der Waals surface area contributed by atoms with Crippen molar-refractivity contribution in [3.8, 4) is 0 Å². The van der Waals surface area contributed by atoms with E-state index in [1.165, 1.54) is 6.92 Å². The number of hydrogen-bond donors (Lipinski definition) is 1. The summed E-state index contributed by atoms with van der Waals surface area (Å²) in [6.07, 6.45) is 1.44. The third kappa shape index (κ3) is 4.21. The van der Waals surface area contributed by atoms with Crippen LogP contribution in [0.5, 0.6) is 0 Å². The summed E-state index contributed by atoms with van der Waals surface area (Å²) in [6.45, 7) is 9.12. The molecule has 1 rings (SSSR count). The van der Waals surface area contributed by atoms with Crippen LogP contribution in [0.3, 0.4) is 0 Å². The number of nitrogens with zero attached hydrogens (tertiary/aromatic N) is 1. The summed E-state index contributed by atoms with van der Waals surface area (Å²) < 4.78 is 0. The van der Waals surface area contributed by atoms with E-state index in [9.17, 15) is 9.59 Å². The van der Waals surface area contributed by atoms with Crippen molar-refractivity contribution in [3.63, 3.8) is 0 Å². The molecule has 1 fully saturated rings. The Balaban J connectivity index is 2.41. The first-order valence-corrected chi connectivity index (χ1v) is 5.83. The lowest BCUT2D eigenvalue weighted by atomic mass is 9.92. The Labute approximate surface area is 97.4 Å². The van der Waals surface area contributed by atoms with Gasteiger partial charge in [-0.1, -0.05) is 20.8 Å². The van der Waals surface area contributed by atoms with E-state index in [1.807, 2.05) is 4.90 Å². The predicted molar refractivity (Wildman–Crippen MR) is 62.9 cm³/mol. The van der Waals surface area contributed by atoms with Crippen molar-refractivity contribution in [2.24, 2.45) is 5.41 Å². The molecule has 0 aromatic heterocycles. The van der Waals surface area contributed by atoms with E-state index in [-0.39, 0.29) is 23.3 Å². The molecule has 1 N–H and O–H groups in total. The number of hydrogen-bond acceptors (Lipinski definition) is 2. The third-order valence-electron chi connectivity index (χ3n) is 2.63. The number of nitrogens with one attached hydrogen (secondary N) is 1. The van der Waals surface area contributed by atoms with Crippen LogP contribution in [0.15, 0.2) is 0 Å². The van der Waals surface area contributed by atoms with Crippen LogP contribution in [0.4, 0.5) is 0 Å². The second-order valence-corrected chi connectivity index (χ2v) is 5.76. The number of amides is 2. The van der Waals surface area contributed by atoms with Crippen LogP contribution < -0.4 is 5.32 Å². The molecule has 0 aliphatic carbocycles. The zero-order valence-corrected chi connectivity index (χ0v) is 10.7. The van der Waals surface area contributed by atoms with Crippen LogP contribution in [0.2, 0.25) is 0 Å². The first-order valence-electron chi connectivity index (χ1n) is 5.83. The summed E-state index contributed by atoms with van der Waals surface area (Å²) in [5.41, 5.74) is 0.0309. The van der Waals surface area contributed by atoms with Crippen molar-refractivity contribution in [3.05, 3.63) is 0 Å². The number of rotatable bonds is 2. The maximum atomic E-state index is 11.9. The van der Waals surface area contributed by atoms with Gasteiger partial charge >= 0.3 is 0 Å². The summed E-state index contributed by atoms with van der Waals surface area (Å²) in [4.78, 5) is 24.6. The minimum atomic E-state index is -0.0184. The van der Waals surface area contributed by atoms with Gasteiger partial charge in [0, 0.05) is 32.5 Å². The lowest BCUT2D eigenvalue weighted by Gasteiger charge is -2.23. The normalized spacial score (nSPS) is 21.0. The maximum absolute atomic E-state index is 11.9. The van der Waals surface area contributed by atoms with E-state index in [0.717, 1.165) is 13.0 Å². The van der Waals surface area contributed by atoms with Gasteiger partial charge in [-0.2, -0.15) is 0 Å². The summed E-state index contributed by atoms with van der Waals surface area (Å²) in [7, 11) is 0. The Morgan fingerprint density at radius 1 is 1.38 bits per heavy atom. The smallest absolute Gasteiger partial charge is 0.223 e. The Morgan fingerprint density at radius 3 is 2.50 bits per heavy atom. The number of likely N-dealkylation sites (tertiary alicyclic amines) is 1. The van der Waals surface area contributed by atoms with Crippen molar-refractivity contribution in [2.45, 2.75) is 46.6 Å². The Morgan fingerprint density at radius 2 is 2.00 bits per heavy atom. The van der Waals surface area contributed by atoms with E-state index < -0.39 is 0 Å². The molecular formula is C12H22N2O2. The van der Waals surface area contributed by atoms with Gasteiger partial charge in [0.15, 0.2) is 0 Å². The molecule has 16 heavy (non-hydrogen) atoms. The quantitative estimate of drug-likeness (QED) is 0.768. The minimum absolute atomic E-state index is 0.0184. The second-order valence-electron chi connectivity index (χ2n) is 5.76. The summed E-state index contributed by atoms with van der Waals surface area (Å²) in [5.74, 6) is 0.176. The summed E-state index contributed by atoms with van der Waals surface area (Å²) in [5, 5.41) is 2.86. The lowest BCUT2D eigenvalue weighted by molar-refractivity contribution is -0.132. The second kappa shape index (κ2) is 4.85. The maximum Gasteiger partial charge on any atom is 0.223 e. The van der Waals surface area contributed by atoms with E-state index in [1.54, 1.807) is 0 Å². The summed E-state index contributed by atoms with van der Waals surface area (Å²) in [6, 6.07) is 0.140. The Hall–Kier alpha value is -1.06. The highest BCUT2D eigenvalue weighted by atomic mass is 16.2. The molecule has 0 radical (unpaired) electrons. The zero-order chi connectivity index (χ0) is 12.3. The molecule has 0 spiro atoms. The van der Waals surface area contributed by atoms with Gasteiger partial charge in [0.25, 0.3) is 0 Å². The fourth-order valence-corrected chi connectivity index (χ4v) is 1.96. The molecular weight excluding hydrogens is 204 g/mol. The lowest BCUT2D eigenvalue weighted by Crippen LogP contribution is -2.38. The fraction of sp³-hybridized carbons (Fsp3) is 0.833. The molecule has 4 nitrogen and oxygen atoms in total. The van der Waals surface area contributed by atoms with Crippen molar-refractivity contribution in [1.82, 2.24) is 10.2 Å². The molecule has 1 heterocycles. The molecule has 0 aromatic rings. The molecule has 0 aromatic carbocycles. The topological polar surface area (TPSA) is 49.4 Å². The molecule has 1 saturated heterocycles. The first-order chi connectivity index (χ1) is 7.28. The largest absolute Gasteiger partial charge is 0.352 e. The Bertz CT molecular complexity index is 281. The van der Waals surface area contributed by atoms with Gasteiger partial charge in [-0.05, 0) is 11.8 Å². The molecule has 92 valence electrons. The van der Waals surface area contributed by atoms with E-state index in [2.05, 4.69) is 26.1 Å². The fourth-order valence-electron chi connectivity index (χ4n) is 1.96. The van der Waals surface area contributed by atoms with Crippen molar-refractivity contribution < 1.29 is 9.59 Å². The van der Waals surface area contributed by atoms with Crippen LogP contribution in [0.25, 0.3) is 0 Å². The average Bonchev–Trinajstić information content (AvgIpc) is 2.48. The van der Waals surface area contributed by atoms with Crippen molar-refractivity contribution >= 4 is 11.8 Å². The number of carbonyl (C=O) groups excluding carboxylic acids is 2. The SMILES string of the molecule is CC(=O)N[C@@H]1CCN(C(=O)CC(C)(C)C)C1. The Kier molecular flexibility index (Phi) is 3.94. The molecule has 4 heteroatoms. The third-order valence-corrected chi connectivity index (χ3v) is 2.63. The molecule has 0 bridgehead atoms. The first kappa shape index (κ1) is 13.0. The molecule has 0 saturated carbocycles. The number of carbonyl (C=O) groups is 2. The molecule has 0 unspecified atom stereocenters. The molecule has 2 amide bonds. The van der Waals surface area contributed by atoms with Gasteiger partial charge in [-0.3, -0.25) is 9.59 Å². The average molecular weight is 226 g/mol. The van der Waals surface area contributed by atoms with Crippen LogP contribution in [0.1, 0.15) is 40.5 Å². The van der Waals surface area contributed by atoms with E-state index in [0.29, 0.717) is 13.0 Å². The molecule has 1 atom stereocenters. The van der Waals surface area contributed by atoms with Crippen LogP contribution in [-0.2, 0) is 9.59 Å². The van der Waals surface area contributed by atoms with Gasteiger partial charge in [-0.15, -0.1) is 0 Å². The minimum Gasteiger partial charge on any atom is -0.352 e. The summed E-state index contributed by atoms with van der Waals surface area (Å²) >= 11 is 0. The highest BCUT2D eigenvalue weighted by Gasteiger charge is 2.28. The van der Waals surface area contributed by atoms with Crippen LogP contribution in [0, 0.1) is 5.41 Å².